The van der Waals surface area contributed by atoms with Gasteiger partial charge in [0, 0.05) is 25.0 Å². The molecule has 1 amide bonds. The number of carbonyl (C=O) groups is 1. The zero-order valence-electron chi connectivity index (χ0n) is 8.25. The Kier molecular flexibility index (Phi) is 2.54. The third kappa shape index (κ3) is 1.70. The summed E-state index contributed by atoms with van der Waals surface area (Å²) < 4.78 is 0. The Labute approximate surface area is 79.5 Å². The van der Waals surface area contributed by atoms with Crippen molar-refractivity contribution in [3.8, 4) is 0 Å². The zero-order chi connectivity index (χ0) is 9.26. The van der Waals surface area contributed by atoms with Crippen LogP contribution in [0.1, 0.15) is 32.6 Å². The van der Waals surface area contributed by atoms with Crippen LogP contribution in [-0.4, -0.2) is 36.0 Å². The van der Waals surface area contributed by atoms with E-state index in [9.17, 15) is 4.79 Å². The van der Waals surface area contributed by atoms with Gasteiger partial charge in [-0.2, -0.15) is 0 Å². The van der Waals surface area contributed by atoms with Crippen molar-refractivity contribution in [1.29, 1.82) is 0 Å². The van der Waals surface area contributed by atoms with Crippen LogP contribution in [-0.2, 0) is 4.79 Å². The second-order valence-corrected chi connectivity index (χ2v) is 4.19. The number of amides is 1. The molecule has 3 nitrogen and oxygen atoms in total. The van der Waals surface area contributed by atoms with Crippen molar-refractivity contribution in [2.45, 2.75) is 44.7 Å². The normalized spacial score (nSPS) is 35.5. The Morgan fingerprint density at radius 1 is 1.46 bits per heavy atom. The number of nitrogens with zero attached hydrogens (tertiary/aromatic N) is 1. The third-order valence-corrected chi connectivity index (χ3v) is 3.20. The lowest BCUT2D eigenvalue weighted by Crippen LogP contribution is -2.49. The molecule has 0 spiro atoms. The number of carbonyl (C=O) groups excluding carboxylic acids is 1. The Bertz CT molecular complexity index is 199. The number of likely N-dealkylation sites (tertiary alicyclic amines) is 1. The molecule has 1 N–H and O–H groups in total. The first-order valence-corrected chi connectivity index (χ1v) is 5.31. The smallest absolute Gasteiger partial charge is 0.223 e. The molecule has 2 aliphatic heterocycles. The fourth-order valence-electron chi connectivity index (χ4n) is 2.50. The summed E-state index contributed by atoms with van der Waals surface area (Å²) in [6.45, 7) is 4.24. The van der Waals surface area contributed by atoms with Gasteiger partial charge >= 0.3 is 0 Å². The predicted octanol–water partition coefficient (Wildman–Crippen LogP) is 0.749. The average Bonchev–Trinajstić information content (AvgIpc) is 2.57. The van der Waals surface area contributed by atoms with E-state index >= 15 is 0 Å². The first-order valence-electron chi connectivity index (χ1n) is 5.31. The van der Waals surface area contributed by atoms with Gasteiger partial charge in [-0.25, -0.2) is 0 Å². The van der Waals surface area contributed by atoms with Gasteiger partial charge in [-0.1, -0.05) is 0 Å². The van der Waals surface area contributed by atoms with Crippen LogP contribution in [0.25, 0.3) is 0 Å². The first-order chi connectivity index (χ1) is 6.29. The fourth-order valence-corrected chi connectivity index (χ4v) is 2.50. The average molecular weight is 182 g/mol. The summed E-state index contributed by atoms with van der Waals surface area (Å²) in [4.78, 5) is 13.8. The number of hydrogen-bond acceptors (Lipinski definition) is 2. The molecule has 0 aromatic rings. The van der Waals surface area contributed by atoms with Crippen LogP contribution in [0.4, 0.5) is 0 Å². The van der Waals surface area contributed by atoms with E-state index in [-0.39, 0.29) is 0 Å². The molecular formula is C10H18N2O. The van der Waals surface area contributed by atoms with E-state index in [1.807, 2.05) is 0 Å². The molecule has 0 bridgehead atoms. The van der Waals surface area contributed by atoms with Crippen LogP contribution < -0.4 is 5.32 Å². The highest BCUT2D eigenvalue weighted by atomic mass is 16.2. The monoisotopic (exact) mass is 182 g/mol. The SMILES string of the molecule is CC1CCCC(=O)N1C1CCNC1. The van der Waals surface area contributed by atoms with Gasteiger partial charge in [0.2, 0.25) is 5.91 Å². The maximum absolute atomic E-state index is 11.7. The molecule has 13 heavy (non-hydrogen) atoms. The van der Waals surface area contributed by atoms with Crippen molar-refractivity contribution in [3.63, 3.8) is 0 Å². The van der Waals surface area contributed by atoms with E-state index in [1.54, 1.807) is 0 Å². The van der Waals surface area contributed by atoms with Gasteiger partial charge in [-0.15, -0.1) is 0 Å². The molecule has 2 atom stereocenters. The molecule has 2 fully saturated rings. The van der Waals surface area contributed by atoms with Crippen LogP contribution in [0, 0.1) is 0 Å². The van der Waals surface area contributed by atoms with Gasteiger partial charge in [-0.05, 0) is 32.7 Å². The largest absolute Gasteiger partial charge is 0.336 e. The molecule has 0 aromatic carbocycles. The molecule has 2 unspecified atom stereocenters. The summed E-state index contributed by atoms with van der Waals surface area (Å²) in [7, 11) is 0. The maximum atomic E-state index is 11.7. The van der Waals surface area contributed by atoms with Crippen LogP contribution in [0.15, 0.2) is 0 Å². The summed E-state index contributed by atoms with van der Waals surface area (Å²) in [5.74, 6) is 0.368. The lowest BCUT2D eigenvalue weighted by Gasteiger charge is -2.37. The Balaban J connectivity index is 2.04. The van der Waals surface area contributed by atoms with Crippen LogP contribution in [0.3, 0.4) is 0 Å². The van der Waals surface area contributed by atoms with Gasteiger partial charge in [0.25, 0.3) is 0 Å². The fraction of sp³-hybridized carbons (Fsp3) is 0.900. The molecule has 0 saturated carbocycles. The number of rotatable bonds is 1. The van der Waals surface area contributed by atoms with Gasteiger partial charge in [0.15, 0.2) is 0 Å². The van der Waals surface area contributed by atoms with E-state index in [2.05, 4.69) is 17.1 Å². The van der Waals surface area contributed by atoms with Crippen molar-refractivity contribution in [3.05, 3.63) is 0 Å². The summed E-state index contributed by atoms with van der Waals surface area (Å²) in [5, 5.41) is 3.32. The highest BCUT2D eigenvalue weighted by Crippen LogP contribution is 2.22. The molecule has 0 radical (unpaired) electrons. The Morgan fingerprint density at radius 3 is 2.92 bits per heavy atom. The molecule has 0 aromatic heterocycles. The third-order valence-electron chi connectivity index (χ3n) is 3.20. The van der Waals surface area contributed by atoms with Crippen LogP contribution >= 0.6 is 0 Å². The second kappa shape index (κ2) is 3.66. The van der Waals surface area contributed by atoms with Crippen molar-refractivity contribution < 1.29 is 4.79 Å². The summed E-state index contributed by atoms with van der Waals surface area (Å²) >= 11 is 0. The molecular weight excluding hydrogens is 164 g/mol. The lowest BCUT2D eigenvalue weighted by molar-refractivity contribution is -0.138. The van der Waals surface area contributed by atoms with E-state index in [0.29, 0.717) is 18.0 Å². The quantitative estimate of drug-likeness (QED) is 0.649. The molecule has 0 aliphatic carbocycles. The van der Waals surface area contributed by atoms with Gasteiger partial charge < -0.3 is 10.2 Å². The minimum atomic E-state index is 0.368. The Hall–Kier alpha value is -0.570. The number of hydrogen-bond donors (Lipinski definition) is 1. The van der Waals surface area contributed by atoms with Crippen molar-refractivity contribution >= 4 is 5.91 Å². The van der Waals surface area contributed by atoms with E-state index in [1.165, 1.54) is 6.42 Å². The second-order valence-electron chi connectivity index (χ2n) is 4.19. The minimum absolute atomic E-state index is 0.368. The van der Waals surface area contributed by atoms with E-state index < -0.39 is 0 Å². The Morgan fingerprint density at radius 2 is 2.31 bits per heavy atom. The summed E-state index contributed by atoms with van der Waals surface area (Å²) in [6.07, 6.45) is 4.16. The zero-order valence-corrected chi connectivity index (χ0v) is 8.25. The minimum Gasteiger partial charge on any atom is -0.336 e. The molecule has 2 aliphatic rings. The number of piperidine rings is 1. The van der Waals surface area contributed by atoms with Gasteiger partial charge in [0.1, 0.15) is 0 Å². The van der Waals surface area contributed by atoms with E-state index in [0.717, 1.165) is 32.4 Å². The molecule has 3 heteroatoms. The summed E-state index contributed by atoms with van der Waals surface area (Å²) in [6, 6.07) is 0.939. The van der Waals surface area contributed by atoms with Crippen LogP contribution in [0.5, 0.6) is 0 Å². The topological polar surface area (TPSA) is 32.3 Å². The van der Waals surface area contributed by atoms with Crippen LogP contribution in [0.2, 0.25) is 0 Å². The first kappa shape index (κ1) is 9.00. The highest BCUT2D eigenvalue weighted by molar-refractivity contribution is 5.77. The molecule has 74 valence electrons. The molecule has 2 rings (SSSR count). The maximum Gasteiger partial charge on any atom is 0.223 e. The van der Waals surface area contributed by atoms with Crippen molar-refractivity contribution in [1.82, 2.24) is 10.2 Å². The van der Waals surface area contributed by atoms with Gasteiger partial charge in [0.05, 0.1) is 0 Å². The standard InChI is InChI=1S/C10H18N2O/c1-8-3-2-4-10(13)12(8)9-5-6-11-7-9/h8-9,11H,2-7H2,1H3. The van der Waals surface area contributed by atoms with Gasteiger partial charge in [-0.3, -0.25) is 4.79 Å². The van der Waals surface area contributed by atoms with Crippen molar-refractivity contribution in [2.75, 3.05) is 13.1 Å². The molecule has 2 saturated heterocycles. The number of nitrogens with one attached hydrogen (secondary N) is 1. The van der Waals surface area contributed by atoms with Crippen molar-refractivity contribution in [2.24, 2.45) is 0 Å². The summed E-state index contributed by atoms with van der Waals surface area (Å²) in [5.41, 5.74) is 0. The molecule has 2 heterocycles. The lowest BCUT2D eigenvalue weighted by atomic mass is 10.00. The van der Waals surface area contributed by atoms with E-state index in [4.69, 9.17) is 0 Å². The highest BCUT2D eigenvalue weighted by Gasteiger charge is 2.32. The predicted molar refractivity (Wildman–Crippen MR) is 51.4 cm³/mol.